The molecule has 4 N–H and O–H groups in total. The summed E-state index contributed by atoms with van der Waals surface area (Å²) in [6.07, 6.45) is 1.06. The quantitative estimate of drug-likeness (QED) is 0.611. The lowest BCUT2D eigenvalue weighted by molar-refractivity contribution is 0.0698. The predicted octanol–water partition coefficient (Wildman–Crippen LogP) is 1.00. The van der Waals surface area contributed by atoms with Gasteiger partial charge in [-0.05, 0) is 30.7 Å². The Morgan fingerprint density at radius 3 is 2.79 bits per heavy atom. The number of nitrogen functional groups attached to an aromatic ring is 1. The lowest BCUT2D eigenvalue weighted by atomic mass is 9.96. The topological polar surface area (TPSA) is 75.3 Å². The van der Waals surface area contributed by atoms with Gasteiger partial charge in [-0.1, -0.05) is 6.07 Å². The normalized spacial score (nSPS) is 20.1. The number of carbonyl (C=O) groups is 1. The van der Waals surface area contributed by atoms with Crippen LogP contribution in [0.15, 0.2) is 18.2 Å². The van der Waals surface area contributed by atoms with E-state index >= 15 is 0 Å². The SMILES string of the molecule is Nc1ccc([C@H]2CCN2)cc1C(=O)O. The Morgan fingerprint density at radius 1 is 1.57 bits per heavy atom. The highest BCUT2D eigenvalue weighted by Crippen LogP contribution is 2.25. The minimum atomic E-state index is -0.969. The summed E-state index contributed by atoms with van der Waals surface area (Å²) in [6.45, 7) is 0.997. The van der Waals surface area contributed by atoms with E-state index in [2.05, 4.69) is 5.32 Å². The molecule has 1 atom stereocenters. The largest absolute Gasteiger partial charge is 0.478 e. The summed E-state index contributed by atoms with van der Waals surface area (Å²) in [7, 11) is 0. The second-order valence-electron chi connectivity index (χ2n) is 3.45. The van der Waals surface area contributed by atoms with Gasteiger partial charge in [-0.15, -0.1) is 0 Å². The van der Waals surface area contributed by atoms with Crippen molar-refractivity contribution in [1.82, 2.24) is 5.32 Å². The number of hydrogen-bond acceptors (Lipinski definition) is 3. The highest BCUT2D eigenvalue weighted by atomic mass is 16.4. The van der Waals surface area contributed by atoms with Crippen molar-refractivity contribution >= 4 is 11.7 Å². The second kappa shape index (κ2) is 3.31. The van der Waals surface area contributed by atoms with Gasteiger partial charge in [0.15, 0.2) is 0 Å². The molecule has 0 bridgehead atoms. The fourth-order valence-electron chi connectivity index (χ4n) is 1.55. The standard InChI is InChI=1S/C10H12N2O2/c11-8-2-1-6(9-3-4-12-9)5-7(8)10(13)14/h1-2,5,9,12H,3-4,11H2,(H,13,14)/t9-/m1/s1. The van der Waals surface area contributed by atoms with Crippen LogP contribution in [0.3, 0.4) is 0 Å². The number of nitrogens with two attached hydrogens (primary N) is 1. The summed E-state index contributed by atoms with van der Waals surface area (Å²) in [5.74, 6) is -0.969. The number of aromatic carboxylic acids is 1. The number of nitrogens with one attached hydrogen (secondary N) is 1. The van der Waals surface area contributed by atoms with Crippen LogP contribution in [0, 0.1) is 0 Å². The fourth-order valence-corrected chi connectivity index (χ4v) is 1.55. The second-order valence-corrected chi connectivity index (χ2v) is 3.45. The van der Waals surface area contributed by atoms with Gasteiger partial charge in [-0.25, -0.2) is 4.79 Å². The molecule has 0 unspecified atom stereocenters. The summed E-state index contributed by atoms with van der Waals surface area (Å²) >= 11 is 0. The van der Waals surface area contributed by atoms with Gasteiger partial charge in [0.25, 0.3) is 0 Å². The molecule has 4 nitrogen and oxygen atoms in total. The van der Waals surface area contributed by atoms with E-state index in [1.807, 2.05) is 6.07 Å². The average molecular weight is 192 g/mol. The Morgan fingerprint density at radius 2 is 2.29 bits per heavy atom. The maximum Gasteiger partial charge on any atom is 0.337 e. The summed E-state index contributed by atoms with van der Waals surface area (Å²) in [6, 6.07) is 5.47. The molecular formula is C10H12N2O2. The van der Waals surface area contributed by atoms with Crippen molar-refractivity contribution < 1.29 is 9.90 Å². The highest BCUT2D eigenvalue weighted by Gasteiger charge is 2.20. The number of benzene rings is 1. The third-order valence-electron chi connectivity index (χ3n) is 2.53. The molecule has 0 radical (unpaired) electrons. The van der Waals surface area contributed by atoms with Gasteiger partial charge in [-0.3, -0.25) is 0 Å². The summed E-state index contributed by atoms with van der Waals surface area (Å²) in [5, 5.41) is 12.1. The Bertz CT molecular complexity index is 372. The van der Waals surface area contributed by atoms with Crippen LogP contribution in [-0.2, 0) is 0 Å². The smallest absolute Gasteiger partial charge is 0.337 e. The maximum absolute atomic E-state index is 10.8. The first kappa shape index (κ1) is 9.02. The van der Waals surface area contributed by atoms with Crippen molar-refractivity contribution in [2.75, 3.05) is 12.3 Å². The van der Waals surface area contributed by atoms with Crippen LogP contribution in [0.2, 0.25) is 0 Å². The Balaban J connectivity index is 2.34. The molecule has 1 saturated heterocycles. The van der Waals surface area contributed by atoms with E-state index in [4.69, 9.17) is 10.8 Å². The molecule has 2 rings (SSSR count). The first-order valence-electron chi connectivity index (χ1n) is 4.54. The molecule has 0 aromatic heterocycles. The van der Waals surface area contributed by atoms with E-state index in [0.717, 1.165) is 18.5 Å². The molecule has 74 valence electrons. The van der Waals surface area contributed by atoms with Crippen LogP contribution in [0.1, 0.15) is 28.4 Å². The molecule has 1 heterocycles. The maximum atomic E-state index is 10.8. The van der Waals surface area contributed by atoms with Crippen molar-refractivity contribution in [2.45, 2.75) is 12.5 Å². The van der Waals surface area contributed by atoms with Crippen molar-refractivity contribution in [1.29, 1.82) is 0 Å². The average Bonchev–Trinajstić information content (AvgIpc) is 2.04. The zero-order valence-corrected chi connectivity index (χ0v) is 7.66. The molecule has 0 amide bonds. The first-order chi connectivity index (χ1) is 6.68. The van der Waals surface area contributed by atoms with Crippen molar-refractivity contribution in [3.05, 3.63) is 29.3 Å². The number of carboxylic acids is 1. The highest BCUT2D eigenvalue weighted by molar-refractivity contribution is 5.93. The number of hydrogen-bond donors (Lipinski definition) is 3. The fraction of sp³-hybridized carbons (Fsp3) is 0.300. The first-order valence-corrected chi connectivity index (χ1v) is 4.54. The van der Waals surface area contributed by atoms with Gasteiger partial charge in [0.2, 0.25) is 0 Å². The van der Waals surface area contributed by atoms with E-state index in [9.17, 15) is 4.79 Å². The molecule has 0 spiro atoms. The van der Waals surface area contributed by atoms with E-state index in [1.165, 1.54) is 0 Å². The lowest BCUT2D eigenvalue weighted by Crippen LogP contribution is -2.35. The zero-order chi connectivity index (χ0) is 10.1. The van der Waals surface area contributed by atoms with Crippen molar-refractivity contribution in [3.8, 4) is 0 Å². The molecule has 1 aliphatic rings. The zero-order valence-electron chi connectivity index (χ0n) is 7.66. The van der Waals surface area contributed by atoms with Crippen molar-refractivity contribution in [2.24, 2.45) is 0 Å². The van der Waals surface area contributed by atoms with E-state index in [0.29, 0.717) is 11.7 Å². The van der Waals surface area contributed by atoms with Gasteiger partial charge >= 0.3 is 5.97 Å². The van der Waals surface area contributed by atoms with E-state index < -0.39 is 5.97 Å². The third-order valence-corrected chi connectivity index (χ3v) is 2.53. The molecule has 1 aliphatic heterocycles. The number of anilines is 1. The molecule has 1 fully saturated rings. The number of rotatable bonds is 2. The van der Waals surface area contributed by atoms with Crippen LogP contribution < -0.4 is 11.1 Å². The van der Waals surface area contributed by atoms with Gasteiger partial charge < -0.3 is 16.2 Å². The molecule has 14 heavy (non-hydrogen) atoms. The van der Waals surface area contributed by atoms with Crippen molar-refractivity contribution in [3.63, 3.8) is 0 Å². The predicted molar refractivity (Wildman–Crippen MR) is 53.2 cm³/mol. The summed E-state index contributed by atoms with van der Waals surface area (Å²) < 4.78 is 0. The van der Waals surface area contributed by atoms with Crippen LogP contribution in [0.4, 0.5) is 5.69 Å². The van der Waals surface area contributed by atoms with E-state index in [-0.39, 0.29) is 5.56 Å². The molecule has 0 saturated carbocycles. The lowest BCUT2D eigenvalue weighted by Gasteiger charge is -2.28. The molecule has 0 aliphatic carbocycles. The Kier molecular flexibility index (Phi) is 2.13. The third kappa shape index (κ3) is 1.44. The minimum absolute atomic E-state index is 0.191. The van der Waals surface area contributed by atoms with Crippen LogP contribution >= 0.6 is 0 Å². The minimum Gasteiger partial charge on any atom is -0.478 e. The van der Waals surface area contributed by atoms with Crippen LogP contribution in [-0.4, -0.2) is 17.6 Å². The molecule has 1 aromatic rings. The summed E-state index contributed by atoms with van der Waals surface area (Å²) in [4.78, 5) is 10.8. The van der Waals surface area contributed by atoms with Crippen LogP contribution in [0.5, 0.6) is 0 Å². The Labute approximate surface area is 81.7 Å². The molecule has 4 heteroatoms. The van der Waals surface area contributed by atoms with Gasteiger partial charge in [-0.2, -0.15) is 0 Å². The Hall–Kier alpha value is -1.55. The molecular weight excluding hydrogens is 180 g/mol. The monoisotopic (exact) mass is 192 g/mol. The van der Waals surface area contributed by atoms with Gasteiger partial charge in [0.05, 0.1) is 5.56 Å². The molecule has 1 aromatic carbocycles. The van der Waals surface area contributed by atoms with Gasteiger partial charge in [0, 0.05) is 11.7 Å². The van der Waals surface area contributed by atoms with E-state index in [1.54, 1.807) is 12.1 Å². The van der Waals surface area contributed by atoms with Gasteiger partial charge in [0.1, 0.15) is 0 Å². The van der Waals surface area contributed by atoms with Crippen LogP contribution in [0.25, 0.3) is 0 Å². The number of carboxylic acid groups (broad SMARTS) is 1. The summed E-state index contributed by atoms with van der Waals surface area (Å²) in [5.41, 5.74) is 7.06.